The number of rotatable bonds is 25. The zero-order valence-corrected chi connectivity index (χ0v) is 34.8. The molecule has 0 aromatic heterocycles. The van der Waals surface area contributed by atoms with Crippen molar-refractivity contribution in [2.24, 2.45) is 0 Å². The second-order valence-corrected chi connectivity index (χ2v) is 16.2. The molecule has 0 heterocycles. The number of phenols is 1. The van der Waals surface area contributed by atoms with Gasteiger partial charge in [-0.15, -0.1) is 0 Å². The van der Waals surface area contributed by atoms with Gasteiger partial charge in [-0.2, -0.15) is 0 Å². The molecule has 0 bridgehead atoms. The van der Waals surface area contributed by atoms with Gasteiger partial charge in [-0.3, -0.25) is 0 Å². The highest BCUT2D eigenvalue weighted by molar-refractivity contribution is 7.97. The maximum atomic E-state index is 10.2. The molecule has 0 spiro atoms. The number of hydrogen-bond acceptors (Lipinski definition) is 4. The summed E-state index contributed by atoms with van der Waals surface area (Å²) in [7, 11) is -0.0146. The highest BCUT2D eigenvalue weighted by Crippen LogP contribution is 2.30. The molecule has 0 saturated carbocycles. The van der Waals surface area contributed by atoms with Gasteiger partial charge >= 0.3 is 0 Å². The SMILES string of the molecule is CCCCCCCCN(CCCCCCCC)CCCCCCCC.O=C([O-])c1ccccc1O.c1ccc([S+](c2ccccc2)c2ccccc2)cc1. The van der Waals surface area contributed by atoms with Crippen LogP contribution in [-0.4, -0.2) is 35.6 Å². The van der Waals surface area contributed by atoms with Crippen molar-refractivity contribution in [3.05, 3.63) is 121 Å². The topological polar surface area (TPSA) is 63.6 Å². The van der Waals surface area contributed by atoms with Crippen LogP contribution in [0.5, 0.6) is 5.75 Å². The van der Waals surface area contributed by atoms with Crippen molar-refractivity contribution < 1.29 is 15.0 Å². The number of unbranched alkanes of at least 4 members (excludes halogenated alkanes) is 15. The van der Waals surface area contributed by atoms with Crippen molar-refractivity contribution in [3.8, 4) is 5.75 Å². The number of carbonyl (C=O) groups is 1. The summed E-state index contributed by atoms with van der Waals surface area (Å²) in [5, 5.41) is 19.0. The molecule has 0 aliphatic heterocycles. The lowest BCUT2D eigenvalue weighted by molar-refractivity contribution is -0.255. The van der Waals surface area contributed by atoms with Crippen molar-refractivity contribution in [3.63, 3.8) is 0 Å². The van der Waals surface area contributed by atoms with Crippen LogP contribution in [0.1, 0.15) is 147 Å². The molecule has 4 nitrogen and oxygen atoms in total. The van der Waals surface area contributed by atoms with Crippen LogP contribution < -0.4 is 5.11 Å². The fourth-order valence-electron chi connectivity index (χ4n) is 6.41. The molecule has 0 unspecified atom stereocenters. The minimum absolute atomic E-state index is 0.0146. The smallest absolute Gasteiger partial charge is 0.166 e. The predicted octanol–water partition coefficient (Wildman–Crippen LogP) is 12.9. The normalized spacial score (nSPS) is 10.8. The van der Waals surface area contributed by atoms with Gasteiger partial charge in [0.2, 0.25) is 0 Å². The van der Waals surface area contributed by atoms with Crippen LogP contribution in [0.25, 0.3) is 0 Å². The van der Waals surface area contributed by atoms with Crippen molar-refractivity contribution in [1.29, 1.82) is 0 Å². The number of hydrogen-bond donors (Lipinski definition) is 1. The average molecular weight is 754 g/mol. The molecule has 296 valence electrons. The van der Waals surface area contributed by atoms with E-state index in [0.29, 0.717) is 0 Å². The summed E-state index contributed by atoms with van der Waals surface area (Å²) in [4.78, 5) is 17.0. The molecule has 0 fully saturated rings. The van der Waals surface area contributed by atoms with E-state index in [1.54, 1.807) is 6.07 Å². The van der Waals surface area contributed by atoms with Crippen molar-refractivity contribution in [2.75, 3.05) is 19.6 Å². The van der Waals surface area contributed by atoms with Gasteiger partial charge in [-0.25, -0.2) is 0 Å². The lowest BCUT2D eigenvalue weighted by Crippen LogP contribution is -2.27. The molecular weight excluding hydrogens is 683 g/mol. The Balaban J connectivity index is 0.000000303. The Morgan fingerprint density at radius 3 is 1.06 bits per heavy atom. The standard InChI is InChI=1S/C24H51N.C18H15S.C7H6O3/c1-4-7-10-13-16-19-22-25(23-20-17-14-11-8-5-2)24-21-18-15-12-9-6-3;1-4-10-16(11-5-1)19(17-12-6-2-7-13-17)18-14-8-3-9-15-18;8-6-4-2-1-3-5(6)7(9)10/h4-24H2,1-3H3;1-15H;1-4,8H,(H,9,10)/q;+1;/p-1. The summed E-state index contributed by atoms with van der Waals surface area (Å²) in [6, 6.07) is 37.8. The van der Waals surface area contributed by atoms with Gasteiger partial charge in [0.1, 0.15) is 5.75 Å². The summed E-state index contributed by atoms with van der Waals surface area (Å²) in [5.74, 6) is -1.62. The van der Waals surface area contributed by atoms with Crippen molar-refractivity contribution in [1.82, 2.24) is 4.90 Å². The Morgan fingerprint density at radius 2 is 0.759 bits per heavy atom. The Morgan fingerprint density at radius 1 is 0.463 bits per heavy atom. The van der Waals surface area contributed by atoms with Crippen LogP contribution in [0.2, 0.25) is 0 Å². The van der Waals surface area contributed by atoms with Gasteiger partial charge in [0.25, 0.3) is 0 Å². The van der Waals surface area contributed by atoms with E-state index in [4.69, 9.17) is 5.11 Å². The van der Waals surface area contributed by atoms with E-state index in [-0.39, 0.29) is 22.2 Å². The third-order valence-electron chi connectivity index (χ3n) is 9.54. The van der Waals surface area contributed by atoms with Gasteiger partial charge in [0.05, 0.1) is 16.9 Å². The van der Waals surface area contributed by atoms with Gasteiger partial charge in [-0.05, 0) is 87.4 Å². The number of carboxylic acid groups (broad SMARTS) is 1. The first-order chi connectivity index (χ1) is 26.5. The molecule has 5 heteroatoms. The van der Waals surface area contributed by atoms with Gasteiger partial charge in [0.15, 0.2) is 14.7 Å². The predicted molar refractivity (Wildman–Crippen MR) is 230 cm³/mol. The third-order valence-corrected chi connectivity index (χ3v) is 11.8. The number of aromatic carboxylic acids is 1. The quantitative estimate of drug-likeness (QED) is 0.0541. The Kier molecular flexibility index (Phi) is 27.4. The molecule has 0 saturated heterocycles. The third kappa shape index (κ3) is 21.4. The second kappa shape index (κ2) is 31.8. The van der Waals surface area contributed by atoms with Crippen molar-refractivity contribution >= 4 is 16.9 Å². The number of aromatic hydroxyl groups is 1. The van der Waals surface area contributed by atoms with E-state index in [1.807, 2.05) is 0 Å². The van der Waals surface area contributed by atoms with Gasteiger partial charge in [0, 0.05) is 5.56 Å². The van der Waals surface area contributed by atoms with Crippen LogP contribution in [0.4, 0.5) is 0 Å². The zero-order chi connectivity index (χ0) is 38.9. The summed E-state index contributed by atoms with van der Waals surface area (Å²) >= 11 is 0. The van der Waals surface area contributed by atoms with E-state index in [2.05, 4.69) is 117 Å². The highest BCUT2D eigenvalue weighted by Gasteiger charge is 2.27. The first kappa shape index (κ1) is 46.6. The molecule has 1 N–H and O–H groups in total. The number of carbonyl (C=O) groups excluding carboxylic acids is 1. The number of para-hydroxylation sites is 1. The fraction of sp³-hybridized carbons (Fsp3) is 0.490. The van der Waals surface area contributed by atoms with Crippen LogP contribution in [0, 0.1) is 0 Å². The summed E-state index contributed by atoms with van der Waals surface area (Å²) in [6.07, 6.45) is 25.7. The maximum absolute atomic E-state index is 10.2. The lowest BCUT2D eigenvalue weighted by atomic mass is 10.1. The van der Waals surface area contributed by atoms with Crippen LogP contribution in [0.3, 0.4) is 0 Å². The molecule has 4 aromatic carbocycles. The van der Waals surface area contributed by atoms with Crippen LogP contribution in [-0.2, 0) is 10.9 Å². The van der Waals surface area contributed by atoms with Gasteiger partial charge < -0.3 is 19.9 Å². The minimum atomic E-state index is -1.36. The molecule has 0 amide bonds. The molecule has 0 atom stereocenters. The van der Waals surface area contributed by atoms with Crippen LogP contribution in [0.15, 0.2) is 130 Å². The van der Waals surface area contributed by atoms with E-state index in [1.165, 1.54) is 168 Å². The average Bonchev–Trinajstić information content (AvgIpc) is 3.20. The molecule has 0 aliphatic carbocycles. The monoisotopic (exact) mass is 754 g/mol. The zero-order valence-electron chi connectivity index (χ0n) is 33.9. The molecule has 54 heavy (non-hydrogen) atoms. The second-order valence-electron chi connectivity index (χ2n) is 14.2. The van der Waals surface area contributed by atoms with E-state index >= 15 is 0 Å². The van der Waals surface area contributed by atoms with E-state index in [0.717, 1.165) is 0 Å². The number of nitrogens with zero attached hydrogens (tertiary/aromatic N) is 1. The van der Waals surface area contributed by atoms with Crippen LogP contribution >= 0.6 is 0 Å². The number of carboxylic acids is 1. The van der Waals surface area contributed by atoms with Gasteiger partial charge in [-0.1, -0.05) is 184 Å². The molecule has 0 aliphatic rings. The summed E-state index contributed by atoms with van der Waals surface area (Å²) in [5.41, 5.74) is -0.178. The molecule has 4 rings (SSSR count). The molecule has 0 radical (unpaired) electrons. The Labute approximate surface area is 332 Å². The van der Waals surface area contributed by atoms with Crippen molar-refractivity contribution in [2.45, 2.75) is 151 Å². The largest absolute Gasteiger partial charge is 0.545 e. The number of benzene rings is 4. The lowest BCUT2D eigenvalue weighted by Gasteiger charge is -2.22. The highest BCUT2D eigenvalue weighted by atomic mass is 32.2. The first-order valence-electron chi connectivity index (χ1n) is 21.1. The molecule has 4 aromatic rings. The molecular formula is C49H71NO3S. The Bertz CT molecular complexity index is 1300. The first-order valence-corrected chi connectivity index (χ1v) is 22.3. The fourth-order valence-corrected chi connectivity index (χ4v) is 8.51. The summed E-state index contributed by atoms with van der Waals surface area (Å²) in [6.45, 7) is 11.0. The minimum Gasteiger partial charge on any atom is -0.545 e. The summed E-state index contributed by atoms with van der Waals surface area (Å²) < 4.78 is 0. The van der Waals surface area contributed by atoms with E-state index in [9.17, 15) is 9.90 Å². The maximum Gasteiger partial charge on any atom is 0.166 e. The van der Waals surface area contributed by atoms with E-state index < -0.39 is 5.97 Å². The Hall–Kier alpha value is -3.54.